The molecule has 1 aromatic carbocycles. The van der Waals surface area contributed by atoms with E-state index in [2.05, 4.69) is 17.6 Å². The fraction of sp³-hybridized carbons (Fsp3) is 0.429. The third kappa shape index (κ3) is 4.67. The summed E-state index contributed by atoms with van der Waals surface area (Å²) in [6, 6.07) is 5.57. The van der Waals surface area contributed by atoms with Gasteiger partial charge in [0.2, 0.25) is 5.91 Å². The lowest BCUT2D eigenvalue weighted by molar-refractivity contribution is -0.114. The predicted octanol–water partition coefficient (Wildman–Crippen LogP) is 5.06. The Balaban J connectivity index is 1.74. The number of thiophene rings is 1. The van der Waals surface area contributed by atoms with Gasteiger partial charge in [-0.2, -0.15) is 0 Å². The summed E-state index contributed by atoms with van der Waals surface area (Å²) in [6.45, 7) is 6.31. The van der Waals surface area contributed by atoms with Crippen LogP contribution in [0.15, 0.2) is 18.2 Å². The van der Waals surface area contributed by atoms with Crippen LogP contribution in [0.25, 0.3) is 0 Å². The van der Waals surface area contributed by atoms with Crippen molar-refractivity contribution in [3.63, 3.8) is 0 Å². The molecule has 0 saturated carbocycles. The second kappa shape index (κ2) is 8.97. The maximum absolute atomic E-state index is 12.5. The van der Waals surface area contributed by atoms with Gasteiger partial charge in [-0.25, -0.2) is 4.79 Å². The van der Waals surface area contributed by atoms with Gasteiger partial charge in [0.15, 0.2) is 0 Å². The summed E-state index contributed by atoms with van der Waals surface area (Å²) in [7, 11) is 0. The normalized spacial score (nSPS) is 15.6. The highest BCUT2D eigenvalue weighted by Crippen LogP contribution is 2.40. The highest BCUT2D eigenvalue weighted by molar-refractivity contribution is 7.17. The molecule has 7 heteroatoms. The van der Waals surface area contributed by atoms with Gasteiger partial charge in [0.25, 0.3) is 0 Å². The van der Waals surface area contributed by atoms with E-state index >= 15 is 0 Å². The number of hydrogen-bond acceptors (Lipinski definition) is 5. The van der Waals surface area contributed by atoms with E-state index in [4.69, 9.17) is 16.3 Å². The van der Waals surface area contributed by atoms with Gasteiger partial charge >= 0.3 is 5.97 Å². The van der Waals surface area contributed by atoms with Crippen LogP contribution < -0.4 is 10.6 Å². The van der Waals surface area contributed by atoms with E-state index in [1.165, 1.54) is 16.2 Å². The Kier molecular flexibility index (Phi) is 6.62. The zero-order chi connectivity index (χ0) is 20.3. The van der Waals surface area contributed by atoms with Crippen LogP contribution >= 0.6 is 22.9 Å². The maximum Gasteiger partial charge on any atom is 0.341 e. The van der Waals surface area contributed by atoms with Crippen LogP contribution in [0.1, 0.15) is 46.6 Å². The smallest absolute Gasteiger partial charge is 0.341 e. The molecule has 0 aliphatic heterocycles. The molecule has 0 unspecified atom stereocenters. The predicted molar refractivity (Wildman–Crippen MR) is 115 cm³/mol. The molecule has 2 N–H and O–H groups in total. The first kappa shape index (κ1) is 20.7. The van der Waals surface area contributed by atoms with Crippen LogP contribution in [0.5, 0.6) is 0 Å². The minimum atomic E-state index is -0.358. The average molecular weight is 421 g/mol. The Hall–Kier alpha value is -2.05. The van der Waals surface area contributed by atoms with Crippen LogP contribution in [0.3, 0.4) is 0 Å². The van der Waals surface area contributed by atoms with Crippen molar-refractivity contribution >= 4 is 45.5 Å². The zero-order valence-corrected chi connectivity index (χ0v) is 17.9. The molecule has 3 rings (SSSR count). The van der Waals surface area contributed by atoms with E-state index in [0.29, 0.717) is 28.1 Å². The van der Waals surface area contributed by atoms with Crippen molar-refractivity contribution in [3.05, 3.63) is 44.8 Å². The Bertz CT molecular complexity index is 894. The molecule has 28 heavy (non-hydrogen) atoms. The molecule has 150 valence electrons. The summed E-state index contributed by atoms with van der Waals surface area (Å²) >= 11 is 7.62. The highest BCUT2D eigenvalue weighted by Gasteiger charge is 2.29. The largest absolute Gasteiger partial charge is 0.462 e. The molecule has 1 aliphatic rings. The number of carbonyl (C=O) groups excluding carboxylic acids is 2. The lowest BCUT2D eigenvalue weighted by Crippen LogP contribution is -2.22. The van der Waals surface area contributed by atoms with Gasteiger partial charge in [0.1, 0.15) is 5.00 Å². The monoisotopic (exact) mass is 420 g/mol. The van der Waals surface area contributed by atoms with Crippen LogP contribution in [0, 0.1) is 12.8 Å². The van der Waals surface area contributed by atoms with Crippen molar-refractivity contribution in [2.45, 2.75) is 40.0 Å². The standard InChI is InChI=1S/C21H25ClN2O3S/c1-4-27-21(26)19-15-8-5-12(2)9-17(15)28-20(19)24-18(25)11-23-14-7-6-13(3)16(22)10-14/h6-7,10,12,23H,4-5,8-9,11H2,1-3H3,(H,24,25)/t12-/m1/s1. The number of aryl methyl sites for hydroxylation is 1. The third-order valence-corrected chi connectivity index (χ3v) is 6.45. The van der Waals surface area contributed by atoms with Crippen LogP contribution in [-0.2, 0) is 22.4 Å². The summed E-state index contributed by atoms with van der Waals surface area (Å²) in [6.07, 6.45) is 2.82. The van der Waals surface area contributed by atoms with Crippen molar-refractivity contribution < 1.29 is 14.3 Å². The molecule has 1 amide bonds. The highest BCUT2D eigenvalue weighted by atomic mass is 35.5. The quantitative estimate of drug-likeness (QED) is 0.641. The Morgan fingerprint density at radius 2 is 2.14 bits per heavy atom. The number of hydrogen-bond donors (Lipinski definition) is 2. The molecule has 0 fully saturated rings. The van der Waals surface area contributed by atoms with Crippen molar-refractivity contribution in [2.24, 2.45) is 5.92 Å². The molecule has 0 saturated heterocycles. The number of rotatable bonds is 6. The van der Waals surface area contributed by atoms with Gasteiger partial charge in [0, 0.05) is 15.6 Å². The van der Waals surface area contributed by atoms with Crippen LogP contribution in [0.2, 0.25) is 5.02 Å². The van der Waals surface area contributed by atoms with Crippen LogP contribution in [0.4, 0.5) is 10.7 Å². The van der Waals surface area contributed by atoms with Gasteiger partial charge in [-0.15, -0.1) is 11.3 Å². The fourth-order valence-corrected chi connectivity index (χ4v) is 4.91. The zero-order valence-electron chi connectivity index (χ0n) is 16.4. The first-order valence-corrected chi connectivity index (χ1v) is 10.7. The maximum atomic E-state index is 12.5. The molecule has 1 atom stereocenters. The fourth-order valence-electron chi connectivity index (χ4n) is 3.31. The number of ether oxygens (including phenoxy) is 1. The average Bonchev–Trinajstić information content (AvgIpc) is 2.99. The summed E-state index contributed by atoms with van der Waals surface area (Å²) in [5.41, 5.74) is 3.32. The molecule has 1 heterocycles. The van der Waals surface area contributed by atoms with Crippen molar-refractivity contribution in [1.29, 1.82) is 0 Å². The number of amides is 1. The molecule has 5 nitrogen and oxygen atoms in total. The van der Waals surface area contributed by atoms with E-state index in [9.17, 15) is 9.59 Å². The molecule has 0 radical (unpaired) electrons. The topological polar surface area (TPSA) is 67.4 Å². The van der Waals surface area contributed by atoms with Crippen molar-refractivity contribution in [2.75, 3.05) is 23.8 Å². The lowest BCUT2D eigenvalue weighted by Gasteiger charge is -2.18. The molecule has 0 bridgehead atoms. The number of carbonyl (C=O) groups is 2. The summed E-state index contributed by atoms with van der Waals surface area (Å²) in [5.74, 6) is 0.00900. The van der Waals surface area contributed by atoms with Crippen molar-refractivity contribution in [3.8, 4) is 0 Å². The first-order chi connectivity index (χ1) is 13.4. The van der Waals surface area contributed by atoms with E-state index in [-0.39, 0.29) is 18.4 Å². The summed E-state index contributed by atoms with van der Waals surface area (Å²) in [5, 5.41) is 7.21. The lowest BCUT2D eigenvalue weighted by atomic mass is 9.88. The molecular weight excluding hydrogens is 396 g/mol. The minimum Gasteiger partial charge on any atom is -0.462 e. The molecule has 1 aliphatic carbocycles. The van der Waals surface area contributed by atoms with E-state index in [0.717, 1.165) is 36.1 Å². The molecular formula is C21H25ClN2O3S. The number of anilines is 2. The van der Waals surface area contributed by atoms with Gasteiger partial charge in [-0.1, -0.05) is 24.6 Å². The number of benzene rings is 1. The number of nitrogens with one attached hydrogen (secondary N) is 2. The Labute approximate surface area is 174 Å². The van der Waals surface area contributed by atoms with E-state index < -0.39 is 0 Å². The minimum absolute atomic E-state index is 0.0840. The summed E-state index contributed by atoms with van der Waals surface area (Å²) in [4.78, 5) is 26.2. The SMILES string of the molecule is CCOC(=O)c1c(NC(=O)CNc2ccc(C)c(Cl)c2)sc2c1CC[C@@H](C)C2. The first-order valence-electron chi connectivity index (χ1n) is 9.50. The molecule has 2 aromatic rings. The van der Waals surface area contributed by atoms with Gasteiger partial charge in [-0.05, 0) is 62.3 Å². The van der Waals surface area contributed by atoms with E-state index in [1.54, 1.807) is 13.0 Å². The number of fused-ring (bicyclic) bond motifs is 1. The second-order valence-corrected chi connectivity index (χ2v) is 8.65. The van der Waals surface area contributed by atoms with Gasteiger partial charge < -0.3 is 15.4 Å². The Morgan fingerprint density at radius 1 is 1.36 bits per heavy atom. The second-order valence-electron chi connectivity index (χ2n) is 7.14. The molecule has 1 aromatic heterocycles. The third-order valence-electron chi connectivity index (χ3n) is 4.87. The number of halogens is 1. The Morgan fingerprint density at radius 3 is 2.86 bits per heavy atom. The number of esters is 1. The van der Waals surface area contributed by atoms with E-state index in [1.807, 2.05) is 19.1 Å². The van der Waals surface area contributed by atoms with Gasteiger partial charge in [-0.3, -0.25) is 4.79 Å². The summed E-state index contributed by atoms with van der Waals surface area (Å²) < 4.78 is 5.24. The van der Waals surface area contributed by atoms with Crippen LogP contribution in [-0.4, -0.2) is 25.0 Å². The van der Waals surface area contributed by atoms with Gasteiger partial charge in [0.05, 0.1) is 18.7 Å². The van der Waals surface area contributed by atoms with Crippen molar-refractivity contribution in [1.82, 2.24) is 0 Å². The molecule has 0 spiro atoms.